The molecule has 2 rings (SSSR count). The number of hydrogen-bond donors (Lipinski definition) is 1. The van der Waals surface area contributed by atoms with Crippen LogP contribution in [0, 0.1) is 0 Å². The number of nitrogens with zero attached hydrogens (tertiary/aromatic N) is 1. The van der Waals surface area contributed by atoms with Crippen molar-refractivity contribution in [2.75, 3.05) is 7.11 Å². The number of amides is 1. The first-order valence-corrected chi connectivity index (χ1v) is 7.92. The average Bonchev–Trinajstić information content (AvgIpc) is 2.52. The van der Waals surface area contributed by atoms with Crippen LogP contribution in [0.25, 0.3) is 0 Å². The zero-order valence-electron chi connectivity index (χ0n) is 11.8. The molecule has 0 spiro atoms. The first kappa shape index (κ1) is 17.7. The number of pyridine rings is 1. The second-order valence-electron chi connectivity index (χ2n) is 4.46. The quantitative estimate of drug-likeness (QED) is 0.768. The van der Waals surface area contributed by atoms with E-state index in [4.69, 9.17) is 27.9 Å². The van der Waals surface area contributed by atoms with Crippen molar-refractivity contribution in [2.45, 2.75) is 6.04 Å². The van der Waals surface area contributed by atoms with Crippen molar-refractivity contribution in [3.05, 3.63) is 62.3 Å². The van der Waals surface area contributed by atoms with Gasteiger partial charge in [0, 0.05) is 16.9 Å². The van der Waals surface area contributed by atoms with Gasteiger partial charge in [-0.2, -0.15) is 0 Å². The first-order chi connectivity index (χ1) is 10.9. The Morgan fingerprint density at radius 3 is 2.26 bits per heavy atom. The van der Waals surface area contributed by atoms with Crippen molar-refractivity contribution in [1.29, 1.82) is 0 Å². The molecule has 1 aromatic carbocycles. The third kappa shape index (κ3) is 4.22. The van der Waals surface area contributed by atoms with Gasteiger partial charge in [-0.05, 0) is 17.7 Å². The Bertz CT molecular complexity index is 718. The highest BCUT2D eigenvalue weighted by Gasteiger charge is 2.26. The molecule has 0 bridgehead atoms. The van der Waals surface area contributed by atoms with Crippen LogP contribution in [0.1, 0.15) is 22.0 Å². The van der Waals surface area contributed by atoms with Crippen LogP contribution in [0.15, 0.2) is 41.1 Å². The second-order valence-corrected chi connectivity index (χ2v) is 6.19. The normalized spacial score (nSPS) is 11.7. The summed E-state index contributed by atoms with van der Waals surface area (Å²) in [5.74, 6) is -1.21. The fourth-order valence-electron chi connectivity index (χ4n) is 1.88. The van der Waals surface area contributed by atoms with Gasteiger partial charge in [-0.1, -0.05) is 51.3 Å². The van der Waals surface area contributed by atoms with E-state index in [2.05, 4.69) is 26.2 Å². The molecule has 1 atom stereocenters. The summed E-state index contributed by atoms with van der Waals surface area (Å²) >= 11 is 15.2. The van der Waals surface area contributed by atoms with Crippen LogP contribution in [0.4, 0.5) is 0 Å². The maximum absolute atomic E-state index is 12.4. The molecule has 120 valence electrons. The summed E-state index contributed by atoms with van der Waals surface area (Å²) in [5, 5.41) is 2.76. The molecule has 0 fully saturated rings. The van der Waals surface area contributed by atoms with Gasteiger partial charge >= 0.3 is 5.97 Å². The van der Waals surface area contributed by atoms with E-state index < -0.39 is 17.9 Å². The predicted molar refractivity (Wildman–Crippen MR) is 90.6 cm³/mol. The number of aromatic nitrogens is 1. The van der Waals surface area contributed by atoms with Crippen LogP contribution in [0.2, 0.25) is 10.0 Å². The second kappa shape index (κ2) is 7.77. The number of methoxy groups -OCH3 is 1. The minimum atomic E-state index is -0.985. The van der Waals surface area contributed by atoms with E-state index in [1.165, 1.54) is 19.5 Å². The third-order valence-electron chi connectivity index (χ3n) is 3.00. The Morgan fingerprint density at radius 1 is 1.17 bits per heavy atom. The van der Waals surface area contributed by atoms with Gasteiger partial charge in [0.25, 0.3) is 5.91 Å². The maximum Gasteiger partial charge on any atom is 0.333 e. The number of halogens is 3. The summed E-state index contributed by atoms with van der Waals surface area (Å²) in [4.78, 5) is 28.2. The SMILES string of the molecule is COC(=O)C(NC(=O)c1c(Cl)cncc1Cl)c1ccc(Br)cc1. The minimum absolute atomic E-state index is 0.0503. The van der Waals surface area contributed by atoms with E-state index in [9.17, 15) is 9.59 Å². The number of esters is 1. The Kier molecular flexibility index (Phi) is 5.98. The van der Waals surface area contributed by atoms with E-state index in [1.54, 1.807) is 24.3 Å². The number of carbonyl (C=O) groups excluding carboxylic acids is 2. The van der Waals surface area contributed by atoms with Crippen molar-refractivity contribution in [3.8, 4) is 0 Å². The molecule has 0 saturated carbocycles. The van der Waals surface area contributed by atoms with Crippen LogP contribution >= 0.6 is 39.1 Å². The van der Waals surface area contributed by atoms with Crippen LogP contribution in [0.5, 0.6) is 0 Å². The molecule has 1 unspecified atom stereocenters. The number of benzene rings is 1. The largest absolute Gasteiger partial charge is 0.467 e. The monoisotopic (exact) mass is 416 g/mol. The van der Waals surface area contributed by atoms with Gasteiger partial charge in [-0.25, -0.2) is 4.79 Å². The number of nitrogens with one attached hydrogen (secondary N) is 1. The molecule has 0 saturated heterocycles. The van der Waals surface area contributed by atoms with Crippen molar-refractivity contribution in [1.82, 2.24) is 10.3 Å². The minimum Gasteiger partial charge on any atom is -0.467 e. The molecule has 0 aliphatic heterocycles. The fourth-order valence-corrected chi connectivity index (χ4v) is 2.68. The van der Waals surface area contributed by atoms with E-state index in [-0.39, 0.29) is 15.6 Å². The summed E-state index contributed by atoms with van der Waals surface area (Å²) in [5.41, 5.74) is 0.615. The van der Waals surface area contributed by atoms with Crippen LogP contribution in [0.3, 0.4) is 0 Å². The average molecular weight is 418 g/mol. The zero-order chi connectivity index (χ0) is 17.0. The Labute approximate surface area is 151 Å². The van der Waals surface area contributed by atoms with E-state index >= 15 is 0 Å². The molecule has 8 heteroatoms. The van der Waals surface area contributed by atoms with Gasteiger partial charge in [0.1, 0.15) is 0 Å². The predicted octanol–water partition coefficient (Wildman–Crippen LogP) is 3.80. The standard InChI is InChI=1S/C15H11BrCl2N2O3/c1-23-15(22)13(8-2-4-9(16)5-3-8)20-14(21)12-10(17)6-19-7-11(12)18/h2-7,13H,1H3,(H,20,21). The van der Waals surface area contributed by atoms with Gasteiger partial charge in [-0.3, -0.25) is 9.78 Å². The zero-order valence-corrected chi connectivity index (χ0v) is 14.9. The van der Waals surface area contributed by atoms with Gasteiger partial charge in [0.15, 0.2) is 6.04 Å². The Balaban J connectivity index is 2.33. The lowest BCUT2D eigenvalue weighted by molar-refractivity contribution is -0.143. The van der Waals surface area contributed by atoms with Crippen LogP contribution < -0.4 is 5.32 Å². The van der Waals surface area contributed by atoms with Crippen molar-refractivity contribution in [3.63, 3.8) is 0 Å². The van der Waals surface area contributed by atoms with Crippen LogP contribution in [-0.4, -0.2) is 24.0 Å². The number of carbonyl (C=O) groups is 2. The summed E-state index contributed by atoms with van der Waals surface area (Å²) < 4.78 is 5.59. The smallest absolute Gasteiger partial charge is 0.333 e. The lowest BCUT2D eigenvalue weighted by Gasteiger charge is -2.17. The summed E-state index contributed by atoms with van der Waals surface area (Å²) in [7, 11) is 1.24. The Hall–Kier alpha value is -1.63. The highest BCUT2D eigenvalue weighted by Crippen LogP contribution is 2.24. The van der Waals surface area contributed by atoms with Crippen molar-refractivity contribution >= 4 is 51.0 Å². The molecule has 0 radical (unpaired) electrons. The molecule has 1 amide bonds. The number of rotatable bonds is 4. The van der Waals surface area contributed by atoms with Crippen LogP contribution in [-0.2, 0) is 9.53 Å². The summed E-state index contributed by atoms with van der Waals surface area (Å²) in [6.07, 6.45) is 2.60. The molecule has 1 N–H and O–H groups in total. The summed E-state index contributed by atoms with van der Waals surface area (Å²) in [6, 6.07) is 5.91. The lowest BCUT2D eigenvalue weighted by Crippen LogP contribution is -2.34. The molecule has 5 nitrogen and oxygen atoms in total. The number of ether oxygens (including phenoxy) is 1. The topological polar surface area (TPSA) is 68.3 Å². The first-order valence-electron chi connectivity index (χ1n) is 6.37. The van der Waals surface area contributed by atoms with E-state index in [0.717, 1.165) is 4.47 Å². The van der Waals surface area contributed by atoms with Gasteiger partial charge < -0.3 is 10.1 Å². The number of hydrogen-bond acceptors (Lipinski definition) is 4. The summed E-state index contributed by atoms with van der Waals surface area (Å²) in [6.45, 7) is 0. The van der Waals surface area contributed by atoms with Gasteiger partial charge in [0.2, 0.25) is 0 Å². The molecule has 23 heavy (non-hydrogen) atoms. The van der Waals surface area contributed by atoms with Gasteiger partial charge in [0.05, 0.1) is 22.7 Å². The molecule has 0 aliphatic carbocycles. The van der Waals surface area contributed by atoms with Crippen molar-refractivity contribution in [2.24, 2.45) is 0 Å². The highest BCUT2D eigenvalue weighted by atomic mass is 79.9. The molecule has 1 aromatic heterocycles. The van der Waals surface area contributed by atoms with Crippen molar-refractivity contribution < 1.29 is 14.3 Å². The maximum atomic E-state index is 12.4. The third-order valence-corrected chi connectivity index (χ3v) is 4.10. The van der Waals surface area contributed by atoms with E-state index in [0.29, 0.717) is 5.56 Å². The molecule has 2 aromatic rings. The Morgan fingerprint density at radius 2 is 1.74 bits per heavy atom. The fraction of sp³-hybridized carbons (Fsp3) is 0.133. The molecule has 1 heterocycles. The lowest BCUT2D eigenvalue weighted by atomic mass is 10.1. The molecule has 0 aliphatic rings. The van der Waals surface area contributed by atoms with Gasteiger partial charge in [-0.15, -0.1) is 0 Å². The van der Waals surface area contributed by atoms with E-state index in [1.807, 2.05) is 0 Å². The molecular weight excluding hydrogens is 407 g/mol. The molecular formula is C15H11BrCl2N2O3. The highest BCUT2D eigenvalue weighted by molar-refractivity contribution is 9.10.